The van der Waals surface area contributed by atoms with Crippen LogP contribution in [0.15, 0.2) is 0 Å². The minimum atomic E-state index is -1.65. The molecule has 1 heterocycles. The average molecular weight is 442 g/mol. The third kappa shape index (κ3) is 7.51. The number of carbonyl (C=O) groups is 6. The molecule has 1 rings (SSSR count). The van der Waals surface area contributed by atoms with Crippen molar-refractivity contribution >= 4 is 35.5 Å². The Kier molecular flexibility index (Phi) is 9.37. The van der Waals surface area contributed by atoms with Crippen LogP contribution in [0.25, 0.3) is 0 Å². The quantitative estimate of drug-likeness (QED) is 0.190. The molecule has 1 aliphatic heterocycles. The van der Waals surface area contributed by atoms with Crippen molar-refractivity contribution in [2.75, 3.05) is 6.54 Å². The molecule has 4 atom stereocenters. The SMILES string of the molecule is CC(C)C(N)C(=O)N1CCCC1C(=O)NC(CC(N)=O)C(=O)NC(CC(N)=O)C(=O)O. The highest BCUT2D eigenvalue weighted by molar-refractivity contribution is 5.97. The molecule has 31 heavy (non-hydrogen) atoms. The predicted molar refractivity (Wildman–Crippen MR) is 107 cm³/mol. The van der Waals surface area contributed by atoms with Crippen LogP contribution >= 0.6 is 0 Å². The number of nitrogens with two attached hydrogens (primary N) is 3. The molecule has 0 aromatic rings. The Bertz CT molecular complexity index is 741. The molecule has 9 N–H and O–H groups in total. The lowest BCUT2D eigenvalue weighted by molar-refractivity contribution is -0.144. The Morgan fingerprint density at radius 3 is 2.03 bits per heavy atom. The van der Waals surface area contributed by atoms with E-state index in [-0.39, 0.29) is 5.92 Å². The number of aliphatic carboxylic acids is 1. The molecule has 4 unspecified atom stereocenters. The van der Waals surface area contributed by atoms with E-state index in [0.29, 0.717) is 19.4 Å². The first-order valence-electron chi connectivity index (χ1n) is 9.81. The zero-order valence-electron chi connectivity index (χ0n) is 17.5. The molecule has 5 amide bonds. The number of hydrogen-bond donors (Lipinski definition) is 6. The molecule has 0 spiro atoms. The van der Waals surface area contributed by atoms with Crippen LogP contribution in [-0.2, 0) is 28.8 Å². The fourth-order valence-electron chi connectivity index (χ4n) is 3.13. The number of amides is 5. The summed E-state index contributed by atoms with van der Waals surface area (Å²) in [5, 5.41) is 13.5. The third-order valence-corrected chi connectivity index (χ3v) is 4.90. The Labute approximate surface area is 179 Å². The second-order valence-corrected chi connectivity index (χ2v) is 7.76. The lowest BCUT2D eigenvalue weighted by atomic mass is 10.0. The average Bonchev–Trinajstić information content (AvgIpc) is 3.14. The van der Waals surface area contributed by atoms with Crippen molar-refractivity contribution in [3.05, 3.63) is 0 Å². The number of carbonyl (C=O) groups excluding carboxylic acids is 5. The lowest BCUT2D eigenvalue weighted by Gasteiger charge is -2.29. The van der Waals surface area contributed by atoms with Crippen molar-refractivity contribution in [3.63, 3.8) is 0 Å². The minimum Gasteiger partial charge on any atom is -0.480 e. The van der Waals surface area contributed by atoms with Crippen LogP contribution < -0.4 is 27.8 Å². The van der Waals surface area contributed by atoms with E-state index in [9.17, 15) is 28.8 Å². The van der Waals surface area contributed by atoms with Gasteiger partial charge in [-0.15, -0.1) is 0 Å². The molecular formula is C18H30N6O7. The van der Waals surface area contributed by atoms with Gasteiger partial charge in [-0.2, -0.15) is 0 Å². The first kappa shape index (κ1) is 25.8. The summed E-state index contributed by atoms with van der Waals surface area (Å²) in [5.41, 5.74) is 16.0. The molecule has 0 aliphatic carbocycles. The minimum absolute atomic E-state index is 0.150. The summed E-state index contributed by atoms with van der Waals surface area (Å²) >= 11 is 0. The number of primary amides is 2. The van der Waals surface area contributed by atoms with Gasteiger partial charge in [-0.1, -0.05) is 13.8 Å². The number of carboxylic acid groups (broad SMARTS) is 1. The molecule has 174 valence electrons. The summed E-state index contributed by atoms with van der Waals surface area (Å²) in [7, 11) is 0. The van der Waals surface area contributed by atoms with Crippen LogP contribution in [0.2, 0.25) is 0 Å². The molecule has 13 nitrogen and oxygen atoms in total. The smallest absolute Gasteiger partial charge is 0.326 e. The number of carboxylic acids is 1. The Balaban J connectivity index is 2.95. The second-order valence-electron chi connectivity index (χ2n) is 7.76. The van der Waals surface area contributed by atoms with Gasteiger partial charge in [0.15, 0.2) is 0 Å². The van der Waals surface area contributed by atoms with Crippen LogP contribution in [0.1, 0.15) is 39.5 Å². The zero-order chi connectivity index (χ0) is 23.9. The van der Waals surface area contributed by atoms with Crippen molar-refractivity contribution in [1.29, 1.82) is 0 Å². The highest BCUT2D eigenvalue weighted by atomic mass is 16.4. The Hall–Kier alpha value is -3.22. The zero-order valence-corrected chi connectivity index (χ0v) is 17.5. The fourth-order valence-corrected chi connectivity index (χ4v) is 3.13. The van der Waals surface area contributed by atoms with Gasteiger partial charge in [0.1, 0.15) is 18.1 Å². The summed E-state index contributed by atoms with van der Waals surface area (Å²) in [6, 6.07) is -4.86. The molecular weight excluding hydrogens is 412 g/mol. The van der Waals surface area contributed by atoms with Gasteiger partial charge >= 0.3 is 5.97 Å². The number of rotatable bonds is 11. The van der Waals surface area contributed by atoms with Gasteiger partial charge in [0.05, 0.1) is 18.9 Å². The summed E-state index contributed by atoms with van der Waals surface area (Å²) < 4.78 is 0. The Morgan fingerprint density at radius 1 is 1.00 bits per heavy atom. The van der Waals surface area contributed by atoms with Gasteiger partial charge in [0, 0.05) is 6.54 Å². The molecule has 1 fully saturated rings. The van der Waals surface area contributed by atoms with E-state index in [1.807, 2.05) is 0 Å². The number of nitrogens with one attached hydrogen (secondary N) is 2. The van der Waals surface area contributed by atoms with Gasteiger partial charge in [0.2, 0.25) is 29.5 Å². The van der Waals surface area contributed by atoms with E-state index >= 15 is 0 Å². The van der Waals surface area contributed by atoms with Crippen LogP contribution in [0.5, 0.6) is 0 Å². The van der Waals surface area contributed by atoms with Crippen LogP contribution in [-0.4, -0.2) is 76.2 Å². The van der Waals surface area contributed by atoms with Crippen LogP contribution in [0.3, 0.4) is 0 Å². The van der Waals surface area contributed by atoms with E-state index in [1.165, 1.54) is 4.90 Å². The van der Waals surface area contributed by atoms with E-state index in [4.69, 9.17) is 22.3 Å². The Morgan fingerprint density at radius 2 is 1.55 bits per heavy atom. The van der Waals surface area contributed by atoms with E-state index in [0.717, 1.165) is 0 Å². The third-order valence-electron chi connectivity index (χ3n) is 4.90. The molecule has 0 aromatic carbocycles. The standard InChI is InChI=1S/C18H30N6O7/c1-8(2)14(21)17(29)24-5-3-4-11(24)16(28)22-9(6-12(19)25)15(27)23-10(18(30)31)7-13(20)26/h8-11,14H,3-7,21H2,1-2H3,(H2,19,25)(H2,20,26)(H,22,28)(H,23,27)(H,30,31). The molecule has 1 aliphatic rings. The number of likely N-dealkylation sites (tertiary alicyclic amines) is 1. The van der Waals surface area contributed by atoms with Gasteiger partial charge in [-0.3, -0.25) is 24.0 Å². The summed E-state index contributed by atoms with van der Waals surface area (Å²) in [6.07, 6.45) is -0.434. The number of nitrogens with zero attached hydrogens (tertiary/aromatic N) is 1. The van der Waals surface area contributed by atoms with Gasteiger partial charge < -0.3 is 37.8 Å². The molecule has 0 aromatic heterocycles. The van der Waals surface area contributed by atoms with Crippen LogP contribution in [0.4, 0.5) is 0 Å². The van der Waals surface area contributed by atoms with Crippen molar-refractivity contribution in [1.82, 2.24) is 15.5 Å². The fraction of sp³-hybridized carbons (Fsp3) is 0.667. The molecule has 0 bridgehead atoms. The molecule has 13 heteroatoms. The van der Waals surface area contributed by atoms with Gasteiger partial charge in [0.25, 0.3) is 0 Å². The van der Waals surface area contributed by atoms with E-state index < -0.39 is 72.5 Å². The maximum Gasteiger partial charge on any atom is 0.326 e. The number of hydrogen-bond acceptors (Lipinski definition) is 7. The van der Waals surface area contributed by atoms with Crippen molar-refractivity contribution in [3.8, 4) is 0 Å². The highest BCUT2D eigenvalue weighted by Crippen LogP contribution is 2.20. The van der Waals surface area contributed by atoms with Crippen molar-refractivity contribution in [2.24, 2.45) is 23.1 Å². The predicted octanol–water partition coefficient (Wildman–Crippen LogP) is -3.23. The van der Waals surface area contributed by atoms with Crippen molar-refractivity contribution in [2.45, 2.75) is 63.7 Å². The van der Waals surface area contributed by atoms with Gasteiger partial charge in [-0.25, -0.2) is 4.79 Å². The molecule has 0 radical (unpaired) electrons. The first-order chi connectivity index (χ1) is 14.3. The van der Waals surface area contributed by atoms with Crippen molar-refractivity contribution < 1.29 is 33.9 Å². The van der Waals surface area contributed by atoms with E-state index in [2.05, 4.69) is 10.6 Å². The maximum absolute atomic E-state index is 12.8. The van der Waals surface area contributed by atoms with E-state index in [1.54, 1.807) is 13.8 Å². The van der Waals surface area contributed by atoms with Crippen LogP contribution in [0, 0.1) is 5.92 Å². The summed E-state index contributed by atoms with van der Waals surface area (Å²) in [6.45, 7) is 3.85. The summed E-state index contributed by atoms with van der Waals surface area (Å²) in [5.74, 6) is -5.71. The molecule has 0 saturated carbocycles. The molecule has 1 saturated heterocycles. The second kappa shape index (κ2) is 11.2. The summed E-state index contributed by atoms with van der Waals surface area (Å²) in [4.78, 5) is 72.8. The normalized spacial score (nSPS) is 18.7. The maximum atomic E-state index is 12.8. The largest absolute Gasteiger partial charge is 0.480 e. The lowest BCUT2D eigenvalue weighted by Crippen LogP contribution is -2.57. The topological polar surface area (TPSA) is 228 Å². The monoisotopic (exact) mass is 442 g/mol. The highest BCUT2D eigenvalue weighted by Gasteiger charge is 2.38. The first-order valence-corrected chi connectivity index (χ1v) is 9.81. The van der Waals surface area contributed by atoms with Gasteiger partial charge in [-0.05, 0) is 18.8 Å².